The van der Waals surface area contributed by atoms with Gasteiger partial charge in [-0.15, -0.1) is 11.8 Å². The van der Waals surface area contributed by atoms with Crippen LogP contribution in [0.2, 0.25) is 10.0 Å². The Hall–Kier alpha value is -0.380. The maximum Gasteiger partial charge on any atom is 0.233 e. The average molecular weight is 318 g/mol. The fourth-order valence-electron chi connectivity index (χ4n) is 2.28. The van der Waals surface area contributed by atoms with Gasteiger partial charge in [0, 0.05) is 22.5 Å². The highest BCUT2D eigenvalue weighted by molar-refractivity contribution is 8.00. The fourth-order valence-corrected chi connectivity index (χ4v) is 3.66. The third-order valence-electron chi connectivity index (χ3n) is 3.37. The molecule has 1 aliphatic rings. The molecule has 0 aromatic heterocycles. The lowest BCUT2D eigenvalue weighted by Crippen LogP contribution is -2.42. The van der Waals surface area contributed by atoms with Gasteiger partial charge in [0.2, 0.25) is 5.91 Å². The predicted octanol–water partition coefficient (Wildman–Crippen LogP) is 4.49. The van der Waals surface area contributed by atoms with Gasteiger partial charge in [-0.25, -0.2) is 0 Å². The SMILES string of the molecule is CC1CCCCN1C(=O)CSc1cc(Cl)ccc1Cl. The molecule has 19 heavy (non-hydrogen) atoms. The fraction of sp³-hybridized carbons (Fsp3) is 0.500. The number of piperidine rings is 1. The standard InChI is InChI=1S/C14H17Cl2NOS/c1-10-4-2-3-7-17(10)14(18)9-19-13-8-11(15)5-6-12(13)16/h5-6,8,10H,2-4,7,9H2,1H3. The molecule has 0 saturated carbocycles. The lowest BCUT2D eigenvalue weighted by molar-refractivity contribution is -0.131. The number of carbonyl (C=O) groups is 1. The molecule has 0 bridgehead atoms. The monoisotopic (exact) mass is 317 g/mol. The molecule has 0 aliphatic carbocycles. The minimum Gasteiger partial charge on any atom is -0.339 e. The summed E-state index contributed by atoms with van der Waals surface area (Å²) < 4.78 is 0. The number of nitrogens with zero attached hydrogens (tertiary/aromatic N) is 1. The molecule has 1 heterocycles. The smallest absolute Gasteiger partial charge is 0.233 e. The number of carbonyl (C=O) groups excluding carboxylic acids is 1. The Labute approximate surface area is 128 Å². The van der Waals surface area contributed by atoms with Crippen LogP contribution in [0.1, 0.15) is 26.2 Å². The number of rotatable bonds is 3. The van der Waals surface area contributed by atoms with E-state index in [2.05, 4.69) is 6.92 Å². The minimum absolute atomic E-state index is 0.188. The first-order valence-electron chi connectivity index (χ1n) is 6.45. The van der Waals surface area contributed by atoms with E-state index in [-0.39, 0.29) is 5.91 Å². The van der Waals surface area contributed by atoms with Crippen molar-refractivity contribution in [3.05, 3.63) is 28.2 Å². The summed E-state index contributed by atoms with van der Waals surface area (Å²) in [6.07, 6.45) is 3.44. The maximum atomic E-state index is 12.2. The predicted molar refractivity (Wildman–Crippen MR) is 82.2 cm³/mol. The van der Waals surface area contributed by atoms with Gasteiger partial charge < -0.3 is 4.90 Å². The second-order valence-corrected chi connectivity index (χ2v) is 6.66. The Balaban J connectivity index is 1.94. The molecule has 104 valence electrons. The maximum absolute atomic E-state index is 12.2. The van der Waals surface area contributed by atoms with Crippen LogP contribution >= 0.6 is 35.0 Å². The molecule has 0 radical (unpaired) electrons. The van der Waals surface area contributed by atoms with E-state index >= 15 is 0 Å². The highest BCUT2D eigenvalue weighted by atomic mass is 35.5. The summed E-state index contributed by atoms with van der Waals surface area (Å²) in [7, 11) is 0. The molecule has 2 rings (SSSR count). The van der Waals surface area contributed by atoms with Crippen LogP contribution in [0, 0.1) is 0 Å². The minimum atomic E-state index is 0.188. The van der Waals surface area contributed by atoms with Gasteiger partial charge in [-0.1, -0.05) is 23.2 Å². The molecule has 1 saturated heterocycles. The molecule has 1 unspecified atom stereocenters. The van der Waals surface area contributed by atoms with Crippen LogP contribution in [-0.2, 0) is 4.79 Å². The number of amides is 1. The zero-order valence-corrected chi connectivity index (χ0v) is 13.2. The Bertz CT molecular complexity index is 467. The normalized spacial score (nSPS) is 19.5. The van der Waals surface area contributed by atoms with E-state index in [0.717, 1.165) is 24.3 Å². The lowest BCUT2D eigenvalue weighted by atomic mass is 10.0. The summed E-state index contributed by atoms with van der Waals surface area (Å²) >= 11 is 13.5. The van der Waals surface area contributed by atoms with Crippen LogP contribution in [0.15, 0.2) is 23.1 Å². The summed E-state index contributed by atoms with van der Waals surface area (Å²) in [6.45, 7) is 3.00. The third-order valence-corrected chi connectivity index (χ3v) is 5.08. The first-order chi connectivity index (χ1) is 9.08. The Morgan fingerprint density at radius 3 is 2.95 bits per heavy atom. The van der Waals surface area contributed by atoms with E-state index in [1.54, 1.807) is 12.1 Å². The molecule has 1 fully saturated rings. The van der Waals surface area contributed by atoms with Crippen molar-refractivity contribution in [1.29, 1.82) is 0 Å². The molecule has 2 nitrogen and oxygen atoms in total. The first kappa shape index (κ1) is 15.0. The Kier molecular flexibility index (Phi) is 5.43. The van der Waals surface area contributed by atoms with Gasteiger partial charge >= 0.3 is 0 Å². The number of likely N-dealkylation sites (tertiary alicyclic amines) is 1. The van der Waals surface area contributed by atoms with Crippen molar-refractivity contribution >= 4 is 40.9 Å². The first-order valence-corrected chi connectivity index (χ1v) is 8.19. The summed E-state index contributed by atoms with van der Waals surface area (Å²) in [5.74, 6) is 0.609. The summed E-state index contributed by atoms with van der Waals surface area (Å²) in [5.41, 5.74) is 0. The van der Waals surface area contributed by atoms with Crippen molar-refractivity contribution < 1.29 is 4.79 Å². The summed E-state index contributed by atoms with van der Waals surface area (Å²) in [6, 6.07) is 5.68. The van der Waals surface area contributed by atoms with E-state index in [0.29, 0.717) is 21.8 Å². The van der Waals surface area contributed by atoms with Gasteiger partial charge in [0.05, 0.1) is 10.8 Å². The Morgan fingerprint density at radius 1 is 1.42 bits per heavy atom. The van der Waals surface area contributed by atoms with E-state index in [1.165, 1.54) is 18.2 Å². The Morgan fingerprint density at radius 2 is 2.21 bits per heavy atom. The van der Waals surface area contributed by atoms with Crippen molar-refractivity contribution in [2.75, 3.05) is 12.3 Å². The van der Waals surface area contributed by atoms with Crippen LogP contribution in [0.3, 0.4) is 0 Å². The number of hydrogen-bond donors (Lipinski definition) is 0. The lowest BCUT2D eigenvalue weighted by Gasteiger charge is -2.33. The van der Waals surface area contributed by atoms with E-state index in [1.807, 2.05) is 11.0 Å². The van der Waals surface area contributed by atoms with Crippen LogP contribution in [-0.4, -0.2) is 29.1 Å². The molecular formula is C14H17Cl2NOS. The van der Waals surface area contributed by atoms with Crippen molar-refractivity contribution in [3.8, 4) is 0 Å². The second-order valence-electron chi connectivity index (χ2n) is 4.80. The van der Waals surface area contributed by atoms with Gasteiger partial charge in [0.15, 0.2) is 0 Å². The molecule has 0 N–H and O–H groups in total. The number of halogens is 2. The molecule has 5 heteroatoms. The number of hydrogen-bond acceptors (Lipinski definition) is 2. The van der Waals surface area contributed by atoms with Crippen molar-refractivity contribution in [3.63, 3.8) is 0 Å². The van der Waals surface area contributed by atoms with Crippen molar-refractivity contribution in [2.45, 2.75) is 37.1 Å². The molecule has 1 atom stereocenters. The summed E-state index contributed by atoms with van der Waals surface area (Å²) in [5, 5.41) is 1.29. The van der Waals surface area contributed by atoms with Crippen LogP contribution in [0.5, 0.6) is 0 Å². The topological polar surface area (TPSA) is 20.3 Å². The van der Waals surface area contributed by atoms with Crippen molar-refractivity contribution in [2.24, 2.45) is 0 Å². The van der Waals surface area contributed by atoms with Crippen LogP contribution in [0.4, 0.5) is 0 Å². The molecule has 1 aliphatic heterocycles. The van der Waals surface area contributed by atoms with Crippen LogP contribution in [0.25, 0.3) is 0 Å². The highest BCUT2D eigenvalue weighted by Crippen LogP contribution is 2.30. The van der Waals surface area contributed by atoms with Gasteiger partial charge in [-0.05, 0) is 44.4 Å². The van der Waals surface area contributed by atoms with Crippen molar-refractivity contribution in [1.82, 2.24) is 4.90 Å². The van der Waals surface area contributed by atoms with Gasteiger partial charge in [0.1, 0.15) is 0 Å². The molecule has 1 aromatic carbocycles. The van der Waals surface area contributed by atoms with Crippen LogP contribution < -0.4 is 0 Å². The quantitative estimate of drug-likeness (QED) is 0.766. The molecule has 1 amide bonds. The number of benzene rings is 1. The largest absolute Gasteiger partial charge is 0.339 e. The zero-order valence-electron chi connectivity index (χ0n) is 10.9. The molecule has 1 aromatic rings. The highest BCUT2D eigenvalue weighted by Gasteiger charge is 2.23. The average Bonchev–Trinajstić information content (AvgIpc) is 2.40. The number of thioether (sulfide) groups is 1. The van der Waals surface area contributed by atoms with E-state index in [9.17, 15) is 4.79 Å². The third kappa shape index (κ3) is 4.04. The van der Waals surface area contributed by atoms with E-state index in [4.69, 9.17) is 23.2 Å². The van der Waals surface area contributed by atoms with Gasteiger partial charge in [0.25, 0.3) is 0 Å². The van der Waals surface area contributed by atoms with Gasteiger partial charge in [-0.2, -0.15) is 0 Å². The zero-order chi connectivity index (χ0) is 13.8. The molecule has 0 spiro atoms. The second kappa shape index (κ2) is 6.87. The molecular weight excluding hydrogens is 301 g/mol. The summed E-state index contributed by atoms with van der Waals surface area (Å²) in [4.78, 5) is 15.1. The van der Waals surface area contributed by atoms with E-state index < -0.39 is 0 Å². The van der Waals surface area contributed by atoms with Gasteiger partial charge in [-0.3, -0.25) is 4.79 Å².